The van der Waals surface area contributed by atoms with Crippen LogP contribution in [0.15, 0.2) is 9.41 Å². The fraction of sp³-hybridized carbons (Fsp3) is 0.222. The molecule has 0 fully saturated rings. The first-order valence-corrected chi connectivity index (χ1v) is 4.03. The summed E-state index contributed by atoms with van der Waals surface area (Å²) in [6.45, 7) is 1.90. The second kappa shape index (κ2) is 3.10. The van der Waals surface area contributed by atoms with E-state index >= 15 is 0 Å². The van der Waals surface area contributed by atoms with E-state index in [1.54, 1.807) is 6.92 Å². The highest BCUT2D eigenvalue weighted by atomic mass is 16.5. The van der Waals surface area contributed by atoms with Crippen molar-refractivity contribution in [2.75, 3.05) is 0 Å². The van der Waals surface area contributed by atoms with E-state index in [4.69, 9.17) is 4.42 Å². The summed E-state index contributed by atoms with van der Waals surface area (Å²) in [4.78, 5) is 25.5. The maximum absolute atomic E-state index is 11.3. The van der Waals surface area contributed by atoms with Gasteiger partial charge in [-0.25, -0.2) is 0 Å². The Hall–Kier alpha value is -1.91. The van der Waals surface area contributed by atoms with Crippen LogP contribution >= 0.6 is 0 Å². The van der Waals surface area contributed by atoms with E-state index in [1.807, 2.05) is 0 Å². The SMILES string of the molecule is Cc1oc2c(c1OC=O)N=CCC2=O. The van der Waals surface area contributed by atoms with Gasteiger partial charge in [0, 0.05) is 12.6 Å². The monoisotopic (exact) mass is 193 g/mol. The van der Waals surface area contributed by atoms with Gasteiger partial charge in [0.2, 0.25) is 5.78 Å². The number of Topliss-reactive ketones (excluding diaryl/α,β-unsaturated/α-hetero) is 1. The number of hydrogen-bond donors (Lipinski definition) is 0. The molecule has 5 heteroatoms. The highest BCUT2D eigenvalue weighted by molar-refractivity contribution is 6.09. The average molecular weight is 193 g/mol. The topological polar surface area (TPSA) is 68.9 Å². The summed E-state index contributed by atoms with van der Waals surface area (Å²) in [6, 6.07) is 0. The van der Waals surface area contributed by atoms with E-state index in [9.17, 15) is 9.59 Å². The molecule has 14 heavy (non-hydrogen) atoms. The molecule has 0 saturated heterocycles. The molecule has 0 bridgehead atoms. The predicted octanol–water partition coefficient (Wildman–Crippen LogP) is 1.41. The van der Waals surface area contributed by atoms with Crippen LogP contribution in [0.3, 0.4) is 0 Å². The Kier molecular flexibility index (Phi) is 1.92. The van der Waals surface area contributed by atoms with Gasteiger partial charge in [0.05, 0.1) is 0 Å². The molecule has 1 aliphatic heterocycles. The molecule has 0 spiro atoms. The second-order valence-electron chi connectivity index (χ2n) is 2.82. The normalized spacial score (nSPS) is 13.9. The molecule has 0 atom stereocenters. The molecular weight excluding hydrogens is 186 g/mol. The zero-order chi connectivity index (χ0) is 10.1. The Bertz CT molecular complexity index is 430. The Labute approximate surface area is 79.4 Å². The average Bonchev–Trinajstić information content (AvgIpc) is 2.47. The molecule has 0 radical (unpaired) electrons. The van der Waals surface area contributed by atoms with Crippen molar-refractivity contribution >= 4 is 24.2 Å². The second-order valence-corrected chi connectivity index (χ2v) is 2.82. The van der Waals surface area contributed by atoms with Gasteiger partial charge in [-0.1, -0.05) is 0 Å². The van der Waals surface area contributed by atoms with Crippen molar-refractivity contribution in [3.8, 4) is 5.75 Å². The number of aliphatic imine (C=N–C) groups is 1. The number of nitrogens with zero attached hydrogens (tertiary/aromatic N) is 1. The van der Waals surface area contributed by atoms with Gasteiger partial charge in [0.15, 0.2) is 17.2 Å². The van der Waals surface area contributed by atoms with Crippen molar-refractivity contribution in [3.63, 3.8) is 0 Å². The Morgan fingerprint density at radius 2 is 2.43 bits per heavy atom. The van der Waals surface area contributed by atoms with Crippen LogP contribution in [0.4, 0.5) is 5.69 Å². The summed E-state index contributed by atoms with van der Waals surface area (Å²) in [5.41, 5.74) is 0.311. The van der Waals surface area contributed by atoms with Crippen LogP contribution in [0.25, 0.3) is 0 Å². The molecule has 5 nitrogen and oxygen atoms in total. The van der Waals surface area contributed by atoms with Crippen LogP contribution in [0.2, 0.25) is 0 Å². The van der Waals surface area contributed by atoms with Gasteiger partial charge >= 0.3 is 0 Å². The third kappa shape index (κ3) is 1.14. The molecule has 72 valence electrons. The number of furan rings is 1. The summed E-state index contributed by atoms with van der Waals surface area (Å²) >= 11 is 0. The van der Waals surface area contributed by atoms with E-state index < -0.39 is 0 Å². The Morgan fingerprint density at radius 3 is 3.14 bits per heavy atom. The van der Waals surface area contributed by atoms with Gasteiger partial charge in [-0.05, 0) is 6.92 Å². The van der Waals surface area contributed by atoms with E-state index in [-0.39, 0.29) is 30.2 Å². The highest BCUT2D eigenvalue weighted by Gasteiger charge is 2.26. The third-order valence-corrected chi connectivity index (χ3v) is 1.92. The maximum atomic E-state index is 11.3. The van der Waals surface area contributed by atoms with Crippen LogP contribution in [-0.2, 0) is 4.79 Å². The Balaban J connectivity index is 2.58. The smallest absolute Gasteiger partial charge is 0.298 e. The molecule has 2 rings (SSSR count). The van der Waals surface area contributed by atoms with Crippen molar-refractivity contribution in [1.29, 1.82) is 0 Å². The van der Waals surface area contributed by atoms with Gasteiger partial charge in [0.25, 0.3) is 6.47 Å². The zero-order valence-corrected chi connectivity index (χ0v) is 7.44. The van der Waals surface area contributed by atoms with Crippen LogP contribution in [0, 0.1) is 6.92 Å². The summed E-state index contributed by atoms with van der Waals surface area (Å²) < 4.78 is 9.84. The summed E-state index contributed by atoms with van der Waals surface area (Å²) in [5, 5.41) is 0. The molecule has 0 saturated carbocycles. The minimum absolute atomic E-state index is 0.154. The van der Waals surface area contributed by atoms with Crippen molar-refractivity contribution < 1.29 is 18.7 Å². The van der Waals surface area contributed by atoms with Crippen LogP contribution < -0.4 is 4.74 Å². The maximum Gasteiger partial charge on any atom is 0.298 e. The van der Waals surface area contributed by atoms with Crippen molar-refractivity contribution in [1.82, 2.24) is 0 Å². The summed E-state index contributed by atoms with van der Waals surface area (Å²) in [7, 11) is 0. The van der Waals surface area contributed by atoms with Gasteiger partial charge in [0.1, 0.15) is 5.76 Å². The predicted molar refractivity (Wildman–Crippen MR) is 47.2 cm³/mol. The van der Waals surface area contributed by atoms with E-state index in [0.717, 1.165) is 0 Å². The summed E-state index contributed by atoms with van der Waals surface area (Å²) in [6.07, 6.45) is 1.69. The number of ketones is 1. The number of hydrogen-bond acceptors (Lipinski definition) is 5. The number of carbonyl (C=O) groups excluding carboxylic acids is 2. The minimum atomic E-state index is -0.154. The van der Waals surface area contributed by atoms with Gasteiger partial charge in [-0.3, -0.25) is 14.6 Å². The lowest BCUT2D eigenvalue weighted by molar-refractivity contribution is -0.120. The van der Waals surface area contributed by atoms with Crippen LogP contribution in [0.5, 0.6) is 5.75 Å². The quantitative estimate of drug-likeness (QED) is 0.666. The van der Waals surface area contributed by atoms with E-state index in [2.05, 4.69) is 9.73 Å². The van der Waals surface area contributed by atoms with Crippen LogP contribution in [0.1, 0.15) is 22.7 Å². The number of carbonyl (C=O) groups is 2. The standard InChI is InChI=1S/C9H7NO4/c1-5-8(13-4-11)7-9(14-5)6(12)2-3-10-7/h3-4H,2H2,1H3. The zero-order valence-electron chi connectivity index (χ0n) is 7.44. The first kappa shape index (κ1) is 8.68. The van der Waals surface area contributed by atoms with Gasteiger partial charge < -0.3 is 9.15 Å². The number of aryl methyl sites for hydroxylation is 1. The highest BCUT2D eigenvalue weighted by Crippen LogP contribution is 2.39. The molecule has 1 aromatic heterocycles. The van der Waals surface area contributed by atoms with E-state index in [0.29, 0.717) is 11.4 Å². The minimum Gasteiger partial charge on any atom is -0.452 e. The van der Waals surface area contributed by atoms with Gasteiger partial charge in [-0.15, -0.1) is 0 Å². The molecule has 0 amide bonds. The lowest BCUT2D eigenvalue weighted by Gasteiger charge is -2.01. The van der Waals surface area contributed by atoms with E-state index in [1.165, 1.54) is 6.21 Å². The van der Waals surface area contributed by atoms with Crippen LogP contribution in [-0.4, -0.2) is 18.5 Å². The molecule has 0 aromatic carbocycles. The molecule has 0 aliphatic carbocycles. The molecule has 0 unspecified atom stereocenters. The molecule has 1 aliphatic rings. The summed E-state index contributed by atoms with van der Waals surface area (Å²) in [5.74, 6) is 0.620. The van der Waals surface area contributed by atoms with Crippen molar-refractivity contribution in [3.05, 3.63) is 11.5 Å². The molecule has 1 aromatic rings. The van der Waals surface area contributed by atoms with Gasteiger partial charge in [-0.2, -0.15) is 0 Å². The molecular formula is C9H7NO4. The lowest BCUT2D eigenvalue weighted by Crippen LogP contribution is -2.02. The van der Waals surface area contributed by atoms with Crippen molar-refractivity contribution in [2.45, 2.75) is 13.3 Å². The molecule has 0 N–H and O–H groups in total. The van der Waals surface area contributed by atoms with Crippen molar-refractivity contribution in [2.24, 2.45) is 4.99 Å². The fourth-order valence-corrected chi connectivity index (χ4v) is 1.32. The fourth-order valence-electron chi connectivity index (χ4n) is 1.32. The number of ether oxygens (including phenoxy) is 1. The first-order valence-electron chi connectivity index (χ1n) is 4.03. The molecule has 2 heterocycles. The Morgan fingerprint density at radius 1 is 1.64 bits per heavy atom. The number of rotatable bonds is 2. The lowest BCUT2D eigenvalue weighted by atomic mass is 10.2. The first-order chi connectivity index (χ1) is 6.74. The third-order valence-electron chi connectivity index (χ3n) is 1.92. The largest absolute Gasteiger partial charge is 0.452 e. The number of fused-ring (bicyclic) bond motifs is 1.